The van der Waals surface area contributed by atoms with E-state index >= 15 is 0 Å². The summed E-state index contributed by atoms with van der Waals surface area (Å²) < 4.78 is 10.2. The maximum atomic E-state index is 11.9. The maximum absolute atomic E-state index is 11.9. The van der Waals surface area contributed by atoms with Gasteiger partial charge in [-0.2, -0.15) is 5.10 Å². The molecule has 1 N–H and O–H groups in total. The lowest BCUT2D eigenvalue weighted by Gasteiger charge is -2.31. The van der Waals surface area contributed by atoms with Crippen molar-refractivity contribution in [3.63, 3.8) is 0 Å². The van der Waals surface area contributed by atoms with Crippen LogP contribution in [-0.4, -0.2) is 53.0 Å². The highest BCUT2D eigenvalue weighted by Gasteiger charge is 2.27. The van der Waals surface area contributed by atoms with E-state index in [1.165, 1.54) is 13.2 Å². The van der Waals surface area contributed by atoms with Crippen molar-refractivity contribution < 1.29 is 14.1 Å². The molecule has 128 valence electrons. The van der Waals surface area contributed by atoms with Gasteiger partial charge in [0.25, 0.3) is 5.56 Å². The molecule has 0 saturated carbocycles. The Morgan fingerprint density at radius 1 is 1.42 bits per heavy atom. The number of aromatic amines is 1. The minimum Gasteiger partial charge on any atom is -0.375 e. The van der Waals surface area contributed by atoms with Crippen molar-refractivity contribution in [2.24, 2.45) is 0 Å². The van der Waals surface area contributed by atoms with E-state index in [-0.39, 0.29) is 24.0 Å². The maximum Gasteiger partial charge on any atom is 0.264 e. The third kappa shape index (κ3) is 3.38. The van der Waals surface area contributed by atoms with Crippen LogP contribution in [0.4, 0.5) is 0 Å². The number of carbonyl (C=O) groups is 1. The van der Waals surface area contributed by atoms with Gasteiger partial charge in [0.05, 0.1) is 11.4 Å². The van der Waals surface area contributed by atoms with Crippen molar-refractivity contribution in [2.45, 2.75) is 25.7 Å². The number of rotatable bonds is 4. The summed E-state index contributed by atoms with van der Waals surface area (Å²) in [5.41, 5.74) is 1.91. The molecule has 3 heterocycles. The zero-order valence-electron chi connectivity index (χ0n) is 13.7. The molecule has 0 aliphatic carbocycles. The number of aryl methyl sites for hydroxylation is 1. The summed E-state index contributed by atoms with van der Waals surface area (Å²) in [6.45, 7) is 3.21. The van der Waals surface area contributed by atoms with Crippen LogP contribution in [0.25, 0.3) is 11.3 Å². The number of piperidine rings is 1. The van der Waals surface area contributed by atoms with Gasteiger partial charge in [-0.05, 0) is 19.8 Å². The molecule has 0 bridgehead atoms. The van der Waals surface area contributed by atoms with Gasteiger partial charge < -0.3 is 14.2 Å². The van der Waals surface area contributed by atoms with Crippen LogP contribution in [0.2, 0.25) is 0 Å². The second-order valence-corrected chi connectivity index (χ2v) is 5.95. The number of likely N-dealkylation sites (tertiary alicyclic amines) is 1. The Kier molecular flexibility index (Phi) is 4.75. The van der Waals surface area contributed by atoms with Gasteiger partial charge in [0.1, 0.15) is 6.61 Å². The van der Waals surface area contributed by atoms with Crippen molar-refractivity contribution in [3.8, 4) is 11.3 Å². The first-order valence-electron chi connectivity index (χ1n) is 7.88. The summed E-state index contributed by atoms with van der Waals surface area (Å²) in [5.74, 6) is 0.685. The summed E-state index contributed by atoms with van der Waals surface area (Å²) in [6, 6.07) is 3.28. The van der Waals surface area contributed by atoms with Gasteiger partial charge >= 0.3 is 0 Å². The Hall–Kier alpha value is -2.48. The molecule has 0 atom stereocenters. The largest absolute Gasteiger partial charge is 0.375 e. The van der Waals surface area contributed by atoms with Gasteiger partial charge in [-0.1, -0.05) is 5.16 Å². The molecule has 3 rings (SSSR count). The molecule has 0 radical (unpaired) electrons. The number of methoxy groups -OCH3 is 1. The Labute approximate surface area is 138 Å². The van der Waals surface area contributed by atoms with Crippen LogP contribution in [0.5, 0.6) is 0 Å². The number of nitrogens with zero attached hydrogens (tertiary/aromatic N) is 3. The lowest BCUT2D eigenvalue weighted by molar-refractivity contribution is -0.136. The molecule has 1 amide bonds. The standard InChI is InChI=1S/C16H20N4O4/c1-10-7-13(24-19-10)12-8-14(21)17-18-16(12)11-3-5-20(6-4-11)15(22)9-23-2/h7-8,11H,3-6,9H2,1-2H3,(H,17,21). The van der Waals surface area contributed by atoms with Gasteiger partial charge in [0.2, 0.25) is 5.91 Å². The second kappa shape index (κ2) is 6.96. The fraction of sp³-hybridized carbons (Fsp3) is 0.500. The lowest BCUT2D eigenvalue weighted by atomic mass is 9.90. The number of hydrogen-bond acceptors (Lipinski definition) is 6. The van der Waals surface area contributed by atoms with E-state index < -0.39 is 0 Å². The van der Waals surface area contributed by atoms with E-state index in [0.717, 1.165) is 24.2 Å². The minimum atomic E-state index is -0.282. The summed E-state index contributed by atoms with van der Waals surface area (Å²) in [7, 11) is 1.51. The molecule has 2 aromatic heterocycles. The molecule has 1 aliphatic rings. The highest BCUT2D eigenvalue weighted by atomic mass is 16.5. The topological polar surface area (TPSA) is 101 Å². The third-order valence-electron chi connectivity index (χ3n) is 4.23. The van der Waals surface area contributed by atoms with Crippen LogP contribution >= 0.6 is 0 Å². The molecule has 0 spiro atoms. The van der Waals surface area contributed by atoms with Crippen LogP contribution in [0.1, 0.15) is 30.1 Å². The van der Waals surface area contributed by atoms with Crippen LogP contribution in [0.3, 0.4) is 0 Å². The average molecular weight is 332 g/mol. The first kappa shape index (κ1) is 16.4. The molecule has 2 aromatic rings. The Morgan fingerprint density at radius 2 is 2.17 bits per heavy atom. The molecular weight excluding hydrogens is 312 g/mol. The minimum absolute atomic E-state index is 0.00328. The van der Waals surface area contributed by atoms with Crippen molar-refractivity contribution in [1.82, 2.24) is 20.3 Å². The van der Waals surface area contributed by atoms with Crippen LogP contribution in [-0.2, 0) is 9.53 Å². The summed E-state index contributed by atoms with van der Waals surface area (Å²) in [6.07, 6.45) is 1.54. The smallest absolute Gasteiger partial charge is 0.264 e. The number of hydrogen-bond donors (Lipinski definition) is 1. The van der Waals surface area contributed by atoms with E-state index in [1.807, 2.05) is 6.92 Å². The monoisotopic (exact) mass is 332 g/mol. The van der Waals surface area contributed by atoms with Crippen molar-refractivity contribution in [1.29, 1.82) is 0 Å². The Balaban J connectivity index is 1.81. The fourth-order valence-corrected chi connectivity index (χ4v) is 3.03. The molecule has 8 heteroatoms. The Morgan fingerprint density at radius 3 is 2.79 bits per heavy atom. The molecule has 1 saturated heterocycles. The summed E-state index contributed by atoms with van der Waals surface area (Å²) in [5, 5.41) is 10.6. The van der Waals surface area contributed by atoms with Crippen molar-refractivity contribution in [3.05, 3.63) is 33.9 Å². The van der Waals surface area contributed by atoms with Gasteiger partial charge in [-0.15, -0.1) is 0 Å². The molecular formula is C16H20N4O4. The fourth-order valence-electron chi connectivity index (χ4n) is 3.03. The van der Waals surface area contributed by atoms with Crippen LogP contribution < -0.4 is 5.56 Å². The quantitative estimate of drug-likeness (QED) is 0.899. The number of aromatic nitrogens is 3. The molecule has 1 aliphatic heterocycles. The molecule has 8 nitrogen and oxygen atoms in total. The van der Waals surface area contributed by atoms with E-state index in [9.17, 15) is 9.59 Å². The molecule has 0 aromatic carbocycles. The van der Waals surface area contributed by atoms with Gasteiger partial charge in [-0.25, -0.2) is 5.10 Å². The van der Waals surface area contributed by atoms with Crippen LogP contribution in [0, 0.1) is 6.92 Å². The number of amides is 1. The number of carbonyl (C=O) groups excluding carboxylic acids is 1. The highest BCUT2D eigenvalue weighted by Crippen LogP contribution is 2.33. The SMILES string of the molecule is COCC(=O)N1CCC(c2n[nH]c(=O)cc2-c2cc(C)no2)CC1. The van der Waals surface area contributed by atoms with Crippen molar-refractivity contribution in [2.75, 3.05) is 26.8 Å². The van der Waals surface area contributed by atoms with Gasteiger partial charge in [-0.3, -0.25) is 9.59 Å². The molecule has 24 heavy (non-hydrogen) atoms. The van der Waals surface area contributed by atoms with E-state index in [2.05, 4.69) is 15.4 Å². The zero-order valence-corrected chi connectivity index (χ0v) is 13.7. The first-order valence-corrected chi connectivity index (χ1v) is 7.88. The number of ether oxygens (including phenoxy) is 1. The van der Waals surface area contributed by atoms with Crippen molar-refractivity contribution >= 4 is 5.91 Å². The normalized spacial score (nSPS) is 15.7. The van der Waals surface area contributed by atoms with Gasteiger partial charge in [0, 0.05) is 43.8 Å². The first-order chi connectivity index (χ1) is 11.6. The Bertz CT molecular complexity index is 774. The average Bonchev–Trinajstić information content (AvgIpc) is 3.01. The molecule has 0 unspecified atom stereocenters. The van der Waals surface area contributed by atoms with Crippen LogP contribution in [0.15, 0.2) is 21.5 Å². The lowest BCUT2D eigenvalue weighted by Crippen LogP contribution is -2.40. The number of nitrogens with one attached hydrogen (secondary N) is 1. The second-order valence-electron chi connectivity index (χ2n) is 5.95. The van der Waals surface area contributed by atoms with E-state index in [4.69, 9.17) is 9.26 Å². The highest BCUT2D eigenvalue weighted by molar-refractivity contribution is 5.77. The van der Waals surface area contributed by atoms with E-state index in [1.54, 1.807) is 11.0 Å². The number of H-pyrrole nitrogens is 1. The van der Waals surface area contributed by atoms with Gasteiger partial charge in [0.15, 0.2) is 5.76 Å². The van der Waals surface area contributed by atoms with E-state index in [0.29, 0.717) is 24.4 Å². The zero-order chi connectivity index (χ0) is 17.1. The molecule has 1 fully saturated rings. The summed E-state index contributed by atoms with van der Waals surface area (Å²) >= 11 is 0. The predicted octanol–water partition coefficient (Wildman–Crippen LogP) is 1.09. The predicted molar refractivity (Wildman–Crippen MR) is 85.5 cm³/mol. The third-order valence-corrected chi connectivity index (χ3v) is 4.23. The summed E-state index contributed by atoms with van der Waals surface area (Å²) in [4.78, 5) is 25.4.